The van der Waals surface area contributed by atoms with E-state index in [2.05, 4.69) is 16.7 Å². The van der Waals surface area contributed by atoms with Gasteiger partial charge in [0.05, 0.1) is 17.1 Å². The number of nitrogens with one attached hydrogen (secondary N) is 2. The van der Waals surface area contributed by atoms with E-state index in [1.54, 1.807) is 6.07 Å². The van der Waals surface area contributed by atoms with E-state index in [0.717, 1.165) is 6.07 Å². The Morgan fingerprint density at radius 1 is 1.26 bits per heavy atom. The molecule has 1 heterocycles. The number of hydrogen-bond donors (Lipinski definition) is 4. The summed E-state index contributed by atoms with van der Waals surface area (Å²) < 4.78 is 31.0. The highest BCUT2D eigenvalue weighted by Crippen LogP contribution is 2.53. The third-order valence-electron chi connectivity index (χ3n) is 6.56. The number of nitrogens with two attached hydrogens (primary N) is 1. The van der Waals surface area contributed by atoms with Crippen LogP contribution in [0.25, 0.3) is 0 Å². The molecule has 0 aliphatic carbocycles. The molecule has 190 valence electrons. The summed E-state index contributed by atoms with van der Waals surface area (Å²) in [5, 5.41) is 28.4. The molecule has 35 heavy (non-hydrogen) atoms. The molecule has 0 radical (unpaired) electrons. The number of nitrogens with zero attached hydrogens (tertiary/aromatic N) is 1. The van der Waals surface area contributed by atoms with Crippen molar-refractivity contribution >= 4 is 23.2 Å². The van der Waals surface area contributed by atoms with Gasteiger partial charge in [-0.25, -0.2) is 8.78 Å². The van der Waals surface area contributed by atoms with E-state index in [1.165, 1.54) is 24.3 Å². The van der Waals surface area contributed by atoms with E-state index in [0.29, 0.717) is 25.9 Å². The van der Waals surface area contributed by atoms with Gasteiger partial charge in [-0.3, -0.25) is 5.32 Å². The Hall–Kier alpha value is -1.79. The SMILES string of the molecule is CC(C)(C)CC1NC(C(O)NCCCN)C(c2cccc(Cl)c2F)C1(C#N)c1ccc(Cl)cc1F. The molecule has 1 aliphatic heterocycles. The van der Waals surface area contributed by atoms with Crippen molar-refractivity contribution in [3.05, 3.63) is 69.2 Å². The molecule has 5 atom stereocenters. The van der Waals surface area contributed by atoms with Crippen LogP contribution in [0.1, 0.15) is 50.7 Å². The fourth-order valence-electron chi connectivity index (χ4n) is 5.13. The summed E-state index contributed by atoms with van der Waals surface area (Å²) in [5.41, 5.74) is 3.96. The maximum absolute atomic E-state index is 15.5. The Kier molecular flexibility index (Phi) is 8.80. The zero-order chi connectivity index (χ0) is 26.0. The minimum Gasteiger partial charge on any atom is -0.377 e. The molecule has 0 bridgehead atoms. The first-order valence-electron chi connectivity index (χ1n) is 11.6. The Labute approximate surface area is 215 Å². The van der Waals surface area contributed by atoms with Crippen LogP contribution in [-0.2, 0) is 5.41 Å². The fourth-order valence-corrected chi connectivity index (χ4v) is 5.47. The van der Waals surface area contributed by atoms with Crippen molar-refractivity contribution in [2.75, 3.05) is 13.1 Å². The quantitative estimate of drug-likeness (QED) is 0.292. The molecule has 3 rings (SSSR count). The van der Waals surface area contributed by atoms with E-state index in [1.807, 2.05) is 20.8 Å². The molecule has 5 unspecified atom stereocenters. The molecule has 0 saturated carbocycles. The third-order valence-corrected chi connectivity index (χ3v) is 7.09. The zero-order valence-corrected chi connectivity index (χ0v) is 21.6. The molecule has 0 amide bonds. The first kappa shape index (κ1) is 27.8. The molecule has 2 aromatic rings. The minimum absolute atomic E-state index is 0.0900. The summed E-state index contributed by atoms with van der Waals surface area (Å²) in [4.78, 5) is 0. The van der Waals surface area contributed by atoms with Crippen LogP contribution in [-0.4, -0.2) is 36.5 Å². The summed E-state index contributed by atoms with van der Waals surface area (Å²) in [6.07, 6.45) is -0.105. The van der Waals surface area contributed by atoms with Crippen LogP contribution in [0.15, 0.2) is 36.4 Å². The van der Waals surface area contributed by atoms with Gasteiger partial charge in [-0.05, 0) is 55.1 Å². The second-order valence-corrected chi connectivity index (χ2v) is 11.1. The maximum atomic E-state index is 15.5. The van der Waals surface area contributed by atoms with Crippen molar-refractivity contribution in [2.24, 2.45) is 11.1 Å². The number of rotatable bonds is 8. The molecule has 2 aromatic carbocycles. The molecule has 1 saturated heterocycles. The number of halogens is 4. The molecule has 0 aromatic heterocycles. The van der Waals surface area contributed by atoms with Crippen LogP contribution in [0.4, 0.5) is 8.78 Å². The average molecular weight is 525 g/mol. The van der Waals surface area contributed by atoms with Gasteiger partial charge in [-0.15, -0.1) is 0 Å². The molecule has 5 nitrogen and oxygen atoms in total. The molecule has 5 N–H and O–H groups in total. The predicted octanol–water partition coefficient (Wildman–Crippen LogP) is 4.85. The predicted molar refractivity (Wildman–Crippen MR) is 135 cm³/mol. The van der Waals surface area contributed by atoms with Crippen molar-refractivity contribution < 1.29 is 13.9 Å². The highest BCUT2D eigenvalue weighted by atomic mass is 35.5. The Balaban J connectivity index is 2.29. The first-order valence-corrected chi connectivity index (χ1v) is 12.4. The summed E-state index contributed by atoms with van der Waals surface area (Å²) in [6.45, 7) is 6.86. The van der Waals surface area contributed by atoms with Gasteiger partial charge in [0.1, 0.15) is 23.3 Å². The Morgan fingerprint density at radius 2 is 1.97 bits per heavy atom. The summed E-state index contributed by atoms with van der Waals surface area (Å²) in [6, 6.07) is 9.59. The Morgan fingerprint density at radius 3 is 2.57 bits per heavy atom. The van der Waals surface area contributed by atoms with Gasteiger partial charge in [0, 0.05) is 22.5 Å². The van der Waals surface area contributed by atoms with E-state index in [4.69, 9.17) is 28.9 Å². The number of benzene rings is 2. The molecule has 1 aliphatic rings. The molecule has 0 spiro atoms. The lowest BCUT2D eigenvalue weighted by atomic mass is 9.62. The number of nitriles is 1. The minimum atomic E-state index is -1.57. The topological polar surface area (TPSA) is 94.1 Å². The summed E-state index contributed by atoms with van der Waals surface area (Å²) >= 11 is 12.2. The van der Waals surface area contributed by atoms with Crippen molar-refractivity contribution in [3.63, 3.8) is 0 Å². The molecule has 9 heteroatoms. The second kappa shape index (κ2) is 11.1. The van der Waals surface area contributed by atoms with Gasteiger partial charge in [0.15, 0.2) is 0 Å². The van der Waals surface area contributed by atoms with Gasteiger partial charge >= 0.3 is 0 Å². The van der Waals surface area contributed by atoms with E-state index in [9.17, 15) is 10.4 Å². The smallest absolute Gasteiger partial charge is 0.145 e. The van der Waals surface area contributed by atoms with Gasteiger partial charge in [0.25, 0.3) is 0 Å². The highest BCUT2D eigenvalue weighted by Gasteiger charge is 2.60. The molecular weight excluding hydrogens is 493 g/mol. The molecular formula is C26H32Cl2F2N4O. The van der Waals surface area contributed by atoms with Gasteiger partial charge in [0.2, 0.25) is 0 Å². The van der Waals surface area contributed by atoms with Crippen molar-refractivity contribution in [2.45, 2.75) is 63.3 Å². The summed E-state index contributed by atoms with van der Waals surface area (Å²) in [7, 11) is 0. The van der Waals surface area contributed by atoms with Crippen molar-refractivity contribution in [1.82, 2.24) is 10.6 Å². The van der Waals surface area contributed by atoms with E-state index in [-0.39, 0.29) is 26.6 Å². The highest BCUT2D eigenvalue weighted by molar-refractivity contribution is 6.31. The van der Waals surface area contributed by atoms with Crippen LogP contribution >= 0.6 is 23.2 Å². The standard InChI is InChI=1S/C26H32Cl2F2N4O/c1-25(2,3)13-20-26(14-32,17-9-8-15(27)12-19(17)29)21(16-6-4-7-18(28)22(16)30)23(34-20)24(35)33-11-5-10-31/h4,6-9,12,20-21,23-24,33-35H,5,10-11,13,31H2,1-3H3. The van der Waals surface area contributed by atoms with Gasteiger partial charge in [-0.1, -0.05) is 62.2 Å². The van der Waals surface area contributed by atoms with Crippen LogP contribution in [0.5, 0.6) is 0 Å². The first-order chi connectivity index (χ1) is 16.5. The number of aliphatic hydroxyl groups excluding tert-OH is 1. The number of hydrogen-bond acceptors (Lipinski definition) is 5. The zero-order valence-electron chi connectivity index (χ0n) is 20.1. The average Bonchev–Trinajstić information content (AvgIpc) is 3.08. The lowest BCUT2D eigenvalue weighted by molar-refractivity contribution is 0.0905. The van der Waals surface area contributed by atoms with Crippen molar-refractivity contribution in [3.8, 4) is 6.07 Å². The molecule has 1 fully saturated rings. The number of aliphatic hydroxyl groups is 1. The monoisotopic (exact) mass is 524 g/mol. The third kappa shape index (κ3) is 5.64. The van der Waals surface area contributed by atoms with Crippen molar-refractivity contribution in [1.29, 1.82) is 5.26 Å². The normalized spacial score (nSPS) is 25.4. The van der Waals surface area contributed by atoms with Crippen LogP contribution < -0.4 is 16.4 Å². The van der Waals surface area contributed by atoms with E-state index < -0.39 is 41.3 Å². The van der Waals surface area contributed by atoms with Crippen LogP contribution in [0, 0.1) is 28.4 Å². The van der Waals surface area contributed by atoms with E-state index >= 15 is 8.78 Å². The summed E-state index contributed by atoms with van der Waals surface area (Å²) in [5.74, 6) is -2.35. The second-order valence-electron chi connectivity index (χ2n) is 10.3. The van der Waals surface area contributed by atoms with Gasteiger partial charge in [-0.2, -0.15) is 5.26 Å². The van der Waals surface area contributed by atoms with Crippen LogP contribution in [0.3, 0.4) is 0 Å². The largest absolute Gasteiger partial charge is 0.377 e. The van der Waals surface area contributed by atoms with Gasteiger partial charge < -0.3 is 16.2 Å². The Bertz CT molecular complexity index is 1090. The lowest BCUT2D eigenvalue weighted by Crippen LogP contribution is -2.49. The fraction of sp³-hybridized carbons (Fsp3) is 0.500. The maximum Gasteiger partial charge on any atom is 0.145 e. The lowest BCUT2D eigenvalue weighted by Gasteiger charge is -2.38. The van der Waals surface area contributed by atoms with Crippen LogP contribution in [0.2, 0.25) is 10.0 Å².